The third-order valence-corrected chi connectivity index (χ3v) is 6.95. The zero-order valence-electron chi connectivity index (χ0n) is 18.3. The van der Waals surface area contributed by atoms with E-state index in [2.05, 4.69) is 14.4 Å². The van der Waals surface area contributed by atoms with Gasteiger partial charge in [0.25, 0.3) is 15.9 Å². The normalized spacial score (nSPS) is 13.4. The molecule has 15 heteroatoms. The van der Waals surface area contributed by atoms with Crippen LogP contribution in [0.3, 0.4) is 0 Å². The molecule has 1 heterocycles. The van der Waals surface area contributed by atoms with Gasteiger partial charge in [0, 0.05) is 27.9 Å². The summed E-state index contributed by atoms with van der Waals surface area (Å²) < 4.78 is 74.9. The van der Waals surface area contributed by atoms with Crippen LogP contribution in [-0.4, -0.2) is 43.7 Å². The Bertz CT molecular complexity index is 1340. The minimum atomic E-state index is -5.38. The second-order valence-corrected chi connectivity index (χ2v) is 10.0. The van der Waals surface area contributed by atoms with Crippen molar-refractivity contribution in [3.05, 3.63) is 70.7 Å². The van der Waals surface area contributed by atoms with E-state index in [1.54, 1.807) is 10.7 Å². The summed E-state index contributed by atoms with van der Waals surface area (Å²) in [6, 6.07) is 9.14. The second-order valence-electron chi connectivity index (χ2n) is 7.02. The van der Waals surface area contributed by atoms with Crippen LogP contribution in [-0.2, 0) is 19.6 Å². The van der Waals surface area contributed by atoms with Gasteiger partial charge in [-0.05, 0) is 49.4 Å². The van der Waals surface area contributed by atoms with Crippen molar-refractivity contribution in [2.75, 3.05) is 16.6 Å². The molecule has 0 aliphatic heterocycles. The zero-order chi connectivity index (χ0) is 26.6. The number of aromatic nitrogens is 1. The van der Waals surface area contributed by atoms with Crippen molar-refractivity contribution < 1.29 is 35.9 Å². The van der Waals surface area contributed by atoms with E-state index in [4.69, 9.17) is 11.6 Å². The molecule has 3 rings (SSSR count). The number of benzene rings is 2. The predicted octanol–water partition coefficient (Wildman–Crippen LogP) is 4.26. The topological polar surface area (TPSA) is 126 Å². The Labute approximate surface area is 212 Å². The lowest BCUT2D eigenvalue weighted by atomic mass is 10.1. The summed E-state index contributed by atoms with van der Waals surface area (Å²) in [5.74, 6) is -3.09. The number of carbonyl (C=O) groups excluding carboxylic acids is 2. The Morgan fingerprint density at radius 3 is 2.39 bits per heavy atom. The van der Waals surface area contributed by atoms with Gasteiger partial charge in [-0.1, -0.05) is 17.7 Å². The maximum atomic E-state index is 14.4. The molecule has 0 unspecified atom stereocenters. The molecular weight excluding hydrogens is 545 g/mol. The Morgan fingerprint density at radius 2 is 1.83 bits per heavy atom. The van der Waals surface area contributed by atoms with Crippen LogP contribution < -0.4 is 15.4 Å². The molecule has 192 valence electrons. The van der Waals surface area contributed by atoms with Crippen LogP contribution >= 0.6 is 22.9 Å². The van der Waals surface area contributed by atoms with E-state index in [0.29, 0.717) is 0 Å². The molecule has 3 aromatic rings. The lowest BCUT2D eigenvalue weighted by molar-refractivity contribution is -0.204. The highest BCUT2D eigenvalue weighted by atomic mass is 35.5. The highest BCUT2D eigenvalue weighted by Crippen LogP contribution is 2.34. The molecule has 9 nitrogen and oxygen atoms in total. The number of sulfonamides is 1. The van der Waals surface area contributed by atoms with Gasteiger partial charge < -0.3 is 15.4 Å². The largest absolute Gasteiger partial charge is 0.463 e. The number of thiazole rings is 1. The van der Waals surface area contributed by atoms with Gasteiger partial charge in [0.2, 0.25) is 0 Å². The lowest BCUT2D eigenvalue weighted by Gasteiger charge is -2.35. The first-order valence-electron chi connectivity index (χ1n) is 10.0. The zero-order valence-corrected chi connectivity index (χ0v) is 20.7. The Balaban J connectivity index is 1.96. The van der Waals surface area contributed by atoms with Crippen LogP contribution in [0.2, 0.25) is 5.02 Å². The Kier molecular flexibility index (Phi) is 8.11. The molecule has 0 saturated heterocycles. The van der Waals surface area contributed by atoms with E-state index in [0.717, 1.165) is 41.7 Å². The van der Waals surface area contributed by atoms with Crippen molar-refractivity contribution in [2.24, 2.45) is 0 Å². The summed E-state index contributed by atoms with van der Waals surface area (Å²) in [6.07, 6.45) is -4.00. The predicted molar refractivity (Wildman–Crippen MR) is 127 cm³/mol. The minimum absolute atomic E-state index is 0.0903. The number of halogens is 4. The van der Waals surface area contributed by atoms with Crippen molar-refractivity contribution in [2.45, 2.75) is 23.7 Å². The molecular formula is C21H18ClF3N4O5S2. The van der Waals surface area contributed by atoms with Crippen molar-refractivity contribution >= 4 is 55.7 Å². The van der Waals surface area contributed by atoms with E-state index in [-0.39, 0.29) is 26.3 Å². The summed E-state index contributed by atoms with van der Waals surface area (Å²) in [5, 5.41) is 5.38. The number of nitrogens with zero attached hydrogens (tertiary/aromatic N) is 1. The first kappa shape index (κ1) is 27.2. The molecule has 0 aliphatic carbocycles. The SMILES string of the molecule is CCOC(=O)[C@@](NC(=O)c1cccc(Cl)c1)(Nc1ccc(S(=O)(=O)Nc2nccs2)cc1)C(F)(F)F. The second kappa shape index (κ2) is 10.7. The number of anilines is 2. The summed E-state index contributed by atoms with van der Waals surface area (Å²) in [4.78, 5) is 28.8. The summed E-state index contributed by atoms with van der Waals surface area (Å²) >= 11 is 6.85. The number of rotatable bonds is 9. The number of alkyl halides is 3. The molecule has 0 spiro atoms. The Morgan fingerprint density at radius 1 is 1.14 bits per heavy atom. The van der Waals surface area contributed by atoms with Gasteiger partial charge in [-0.2, -0.15) is 13.2 Å². The van der Waals surface area contributed by atoms with E-state index in [1.165, 1.54) is 31.3 Å². The minimum Gasteiger partial charge on any atom is -0.463 e. The van der Waals surface area contributed by atoms with Crippen LogP contribution in [0.1, 0.15) is 17.3 Å². The molecule has 0 fully saturated rings. The van der Waals surface area contributed by atoms with Crippen molar-refractivity contribution in [3.8, 4) is 0 Å². The fourth-order valence-corrected chi connectivity index (χ4v) is 4.86. The number of amides is 1. The molecule has 0 aliphatic rings. The van der Waals surface area contributed by atoms with E-state index < -0.39 is 40.3 Å². The number of carbonyl (C=O) groups is 2. The van der Waals surface area contributed by atoms with Gasteiger partial charge in [0.15, 0.2) is 5.13 Å². The van der Waals surface area contributed by atoms with Gasteiger partial charge in [0.1, 0.15) is 0 Å². The number of ether oxygens (including phenoxy) is 1. The molecule has 0 saturated carbocycles. The number of nitrogens with one attached hydrogen (secondary N) is 3. The first-order chi connectivity index (χ1) is 16.9. The summed E-state index contributed by atoms with van der Waals surface area (Å²) in [6.45, 7) is 0.887. The van der Waals surface area contributed by atoms with Crippen LogP contribution in [0.25, 0.3) is 0 Å². The fraction of sp³-hybridized carbons (Fsp3) is 0.190. The van der Waals surface area contributed by atoms with Gasteiger partial charge in [-0.3, -0.25) is 9.52 Å². The highest BCUT2D eigenvalue weighted by Gasteiger charge is 2.63. The van der Waals surface area contributed by atoms with Crippen LogP contribution in [0, 0.1) is 0 Å². The number of hydrogen-bond donors (Lipinski definition) is 3. The van der Waals surface area contributed by atoms with Crippen molar-refractivity contribution in [1.82, 2.24) is 10.3 Å². The van der Waals surface area contributed by atoms with E-state index in [9.17, 15) is 31.2 Å². The van der Waals surface area contributed by atoms with Crippen LogP contribution in [0.5, 0.6) is 0 Å². The number of hydrogen-bond acceptors (Lipinski definition) is 8. The maximum Gasteiger partial charge on any atom is 0.441 e. The monoisotopic (exact) mass is 562 g/mol. The smallest absolute Gasteiger partial charge is 0.441 e. The van der Waals surface area contributed by atoms with Gasteiger partial charge in [-0.25, -0.2) is 18.2 Å². The van der Waals surface area contributed by atoms with Crippen molar-refractivity contribution in [3.63, 3.8) is 0 Å². The molecule has 36 heavy (non-hydrogen) atoms. The summed E-state index contributed by atoms with van der Waals surface area (Å²) in [5.41, 5.74) is -4.28. The third kappa shape index (κ3) is 6.06. The molecule has 1 aromatic heterocycles. The molecule has 0 radical (unpaired) electrons. The lowest BCUT2D eigenvalue weighted by Crippen LogP contribution is -2.69. The summed E-state index contributed by atoms with van der Waals surface area (Å²) in [7, 11) is -4.08. The Hall–Kier alpha value is -3.36. The average molecular weight is 563 g/mol. The molecule has 1 atom stereocenters. The molecule has 1 amide bonds. The number of esters is 1. The van der Waals surface area contributed by atoms with E-state index >= 15 is 0 Å². The molecule has 0 bridgehead atoms. The standard InChI is InChI=1S/C21H18ClF3N4O5S2/c1-2-34-18(31)20(21(23,24)25,28-17(30)13-4-3-5-14(22)12-13)27-15-6-8-16(9-7-15)36(32,33)29-19-26-10-11-35-19/h3-12,27H,2H2,1H3,(H,26,29)(H,28,30)/t20-/m0/s1. The maximum absolute atomic E-state index is 14.4. The molecule has 2 aromatic carbocycles. The molecule has 3 N–H and O–H groups in total. The van der Waals surface area contributed by atoms with Crippen molar-refractivity contribution in [1.29, 1.82) is 0 Å². The van der Waals surface area contributed by atoms with Crippen LogP contribution in [0.15, 0.2) is 65.0 Å². The van der Waals surface area contributed by atoms with E-state index in [1.807, 2.05) is 5.32 Å². The highest BCUT2D eigenvalue weighted by molar-refractivity contribution is 7.93. The quantitative estimate of drug-likeness (QED) is 0.263. The average Bonchev–Trinajstić information content (AvgIpc) is 3.30. The fourth-order valence-electron chi connectivity index (χ4n) is 2.88. The first-order valence-corrected chi connectivity index (χ1v) is 12.7. The van der Waals surface area contributed by atoms with Gasteiger partial charge >= 0.3 is 17.8 Å². The third-order valence-electron chi connectivity index (χ3n) is 4.55. The van der Waals surface area contributed by atoms with Gasteiger partial charge in [-0.15, -0.1) is 11.3 Å². The van der Waals surface area contributed by atoms with Gasteiger partial charge in [0.05, 0.1) is 11.5 Å². The van der Waals surface area contributed by atoms with Crippen LogP contribution in [0.4, 0.5) is 24.0 Å².